The van der Waals surface area contributed by atoms with Crippen LogP contribution in [0.5, 0.6) is 0 Å². The molecule has 0 saturated heterocycles. The molecule has 1 unspecified atom stereocenters. The van der Waals surface area contributed by atoms with Crippen molar-refractivity contribution in [2.75, 3.05) is 5.32 Å². The van der Waals surface area contributed by atoms with E-state index in [0.717, 1.165) is 44.2 Å². The largest absolute Gasteiger partial charge is 0.347 e. The van der Waals surface area contributed by atoms with E-state index in [0.29, 0.717) is 12.8 Å². The lowest BCUT2D eigenvalue weighted by Crippen LogP contribution is -2.61. The van der Waals surface area contributed by atoms with Gasteiger partial charge in [-0.1, -0.05) is 61.7 Å². The molecule has 3 N–H and O–H groups in total. The van der Waals surface area contributed by atoms with Gasteiger partial charge >= 0.3 is 6.03 Å². The smallest absolute Gasteiger partial charge is 0.320 e. The summed E-state index contributed by atoms with van der Waals surface area (Å²) in [6, 6.07) is 17.4. The molecule has 3 amide bonds. The van der Waals surface area contributed by atoms with Crippen LogP contribution in [0.1, 0.15) is 62.1 Å². The zero-order chi connectivity index (χ0) is 20.1. The van der Waals surface area contributed by atoms with E-state index in [9.17, 15) is 9.59 Å². The summed E-state index contributed by atoms with van der Waals surface area (Å²) in [4.78, 5) is 26.1. The molecule has 0 spiro atoms. The van der Waals surface area contributed by atoms with E-state index >= 15 is 0 Å². The first kappa shape index (κ1) is 19.5. The van der Waals surface area contributed by atoms with Gasteiger partial charge in [0.2, 0.25) is 5.91 Å². The fraction of sp³-hybridized carbons (Fsp3) is 0.417. The first-order valence-electron chi connectivity index (χ1n) is 10.7. The van der Waals surface area contributed by atoms with Crippen LogP contribution < -0.4 is 16.0 Å². The molecule has 0 aromatic heterocycles. The van der Waals surface area contributed by atoms with Crippen LogP contribution in [0.25, 0.3) is 0 Å². The molecule has 0 heterocycles. The quantitative estimate of drug-likeness (QED) is 0.707. The van der Waals surface area contributed by atoms with Crippen LogP contribution in [0.2, 0.25) is 0 Å². The predicted molar refractivity (Wildman–Crippen MR) is 115 cm³/mol. The lowest BCUT2D eigenvalue weighted by molar-refractivity contribution is -0.129. The normalized spacial score (nSPS) is 20.2. The lowest BCUT2D eigenvalue weighted by atomic mass is 9.80. The minimum Gasteiger partial charge on any atom is -0.347 e. The predicted octanol–water partition coefficient (Wildman–Crippen LogP) is 4.70. The third-order valence-corrected chi connectivity index (χ3v) is 6.20. The summed E-state index contributed by atoms with van der Waals surface area (Å²) in [5, 5.41) is 9.16. The average molecular weight is 392 g/mol. The minimum absolute atomic E-state index is 0.0187. The Morgan fingerprint density at radius 1 is 0.862 bits per heavy atom. The molecule has 1 saturated carbocycles. The number of nitrogens with one attached hydrogen (secondary N) is 3. The standard InChI is InChI=1S/C24H29N3O2/c28-22(26-21-15-9-11-18-10-5-6-14-20(18)21)24(16-7-2-8-17-24)27-23(29)25-19-12-3-1-4-13-19/h1,3-6,10,12-14,21H,2,7-9,11,15-17H2,(H,26,28)(H2,25,27,29). The van der Waals surface area contributed by atoms with Crippen molar-refractivity contribution < 1.29 is 9.59 Å². The highest BCUT2D eigenvalue weighted by molar-refractivity contribution is 5.96. The number of anilines is 1. The van der Waals surface area contributed by atoms with Gasteiger partial charge in [0.1, 0.15) is 5.54 Å². The molecule has 0 radical (unpaired) electrons. The maximum Gasteiger partial charge on any atom is 0.320 e. The van der Waals surface area contributed by atoms with Crippen molar-refractivity contribution in [2.24, 2.45) is 0 Å². The summed E-state index contributed by atoms with van der Waals surface area (Å²) in [7, 11) is 0. The van der Waals surface area contributed by atoms with Gasteiger partial charge in [-0.05, 0) is 55.4 Å². The molecule has 4 rings (SSSR count). The van der Waals surface area contributed by atoms with Gasteiger partial charge in [-0.25, -0.2) is 4.79 Å². The van der Waals surface area contributed by atoms with Gasteiger partial charge in [0.05, 0.1) is 6.04 Å². The highest BCUT2D eigenvalue weighted by Gasteiger charge is 2.42. The number of hydrogen-bond acceptors (Lipinski definition) is 2. The topological polar surface area (TPSA) is 70.2 Å². The third-order valence-electron chi connectivity index (χ3n) is 6.20. The number of para-hydroxylation sites is 1. The Hall–Kier alpha value is -2.82. The second-order valence-electron chi connectivity index (χ2n) is 8.21. The summed E-state index contributed by atoms with van der Waals surface area (Å²) >= 11 is 0. The van der Waals surface area contributed by atoms with E-state index in [1.807, 2.05) is 36.4 Å². The number of hydrogen-bond donors (Lipinski definition) is 3. The van der Waals surface area contributed by atoms with E-state index in [1.54, 1.807) is 0 Å². The summed E-state index contributed by atoms with van der Waals surface area (Å²) in [6.45, 7) is 0. The molecule has 29 heavy (non-hydrogen) atoms. The molecular formula is C24H29N3O2. The van der Waals surface area contributed by atoms with Gasteiger partial charge in [0.15, 0.2) is 0 Å². The zero-order valence-corrected chi connectivity index (χ0v) is 16.7. The number of rotatable bonds is 4. The van der Waals surface area contributed by atoms with Crippen LogP contribution in [-0.2, 0) is 11.2 Å². The first-order chi connectivity index (χ1) is 14.2. The van der Waals surface area contributed by atoms with Crippen molar-refractivity contribution >= 4 is 17.6 Å². The van der Waals surface area contributed by atoms with Crippen LogP contribution >= 0.6 is 0 Å². The molecule has 1 fully saturated rings. The van der Waals surface area contributed by atoms with Gasteiger partial charge < -0.3 is 16.0 Å². The number of carbonyl (C=O) groups excluding carboxylic acids is 2. The van der Waals surface area contributed by atoms with Crippen molar-refractivity contribution in [3.8, 4) is 0 Å². The number of aryl methyl sites for hydroxylation is 1. The highest BCUT2D eigenvalue weighted by atomic mass is 16.2. The van der Waals surface area contributed by atoms with Crippen molar-refractivity contribution in [3.63, 3.8) is 0 Å². The second-order valence-corrected chi connectivity index (χ2v) is 8.21. The van der Waals surface area contributed by atoms with Gasteiger partial charge in [-0.3, -0.25) is 4.79 Å². The van der Waals surface area contributed by atoms with Crippen molar-refractivity contribution in [1.82, 2.24) is 10.6 Å². The van der Waals surface area contributed by atoms with Gasteiger partial charge in [-0.15, -0.1) is 0 Å². The Balaban J connectivity index is 1.49. The summed E-state index contributed by atoms with van der Waals surface area (Å²) in [6.07, 6.45) is 7.41. The Morgan fingerprint density at radius 2 is 1.59 bits per heavy atom. The van der Waals surface area contributed by atoms with Gasteiger partial charge in [0, 0.05) is 5.69 Å². The number of urea groups is 1. The molecule has 1 atom stereocenters. The summed E-state index contributed by atoms with van der Waals surface area (Å²) in [5.41, 5.74) is 2.41. The van der Waals surface area contributed by atoms with Crippen LogP contribution in [0.15, 0.2) is 54.6 Å². The number of benzene rings is 2. The molecule has 2 aromatic carbocycles. The average Bonchev–Trinajstić information content (AvgIpc) is 2.75. The maximum absolute atomic E-state index is 13.4. The lowest BCUT2D eigenvalue weighted by Gasteiger charge is -2.38. The monoisotopic (exact) mass is 391 g/mol. The van der Waals surface area contributed by atoms with Crippen molar-refractivity contribution in [2.45, 2.75) is 62.9 Å². The second kappa shape index (κ2) is 8.68. The van der Waals surface area contributed by atoms with E-state index in [-0.39, 0.29) is 18.0 Å². The van der Waals surface area contributed by atoms with E-state index in [2.05, 4.69) is 34.1 Å². The third kappa shape index (κ3) is 4.44. The molecule has 2 aromatic rings. The molecule has 5 heteroatoms. The SMILES string of the molecule is O=C(Nc1ccccc1)NC1(C(=O)NC2CCCc3ccccc32)CCCCC1. The number of fused-ring (bicyclic) bond motifs is 1. The molecular weight excluding hydrogens is 362 g/mol. The van der Waals surface area contributed by atoms with Gasteiger partial charge in [-0.2, -0.15) is 0 Å². The zero-order valence-electron chi connectivity index (χ0n) is 16.7. The number of amides is 3. The Labute approximate surface area is 172 Å². The highest BCUT2D eigenvalue weighted by Crippen LogP contribution is 2.33. The van der Waals surface area contributed by atoms with E-state index in [1.165, 1.54) is 11.1 Å². The molecule has 5 nitrogen and oxygen atoms in total. The summed E-state index contributed by atoms with van der Waals surface area (Å²) < 4.78 is 0. The maximum atomic E-state index is 13.4. The minimum atomic E-state index is -0.844. The van der Waals surface area contributed by atoms with Crippen LogP contribution in [0, 0.1) is 0 Å². The Morgan fingerprint density at radius 3 is 2.38 bits per heavy atom. The van der Waals surface area contributed by atoms with Crippen LogP contribution in [0.3, 0.4) is 0 Å². The Bertz CT molecular complexity index is 859. The van der Waals surface area contributed by atoms with Gasteiger partial charge in [0.25, 0.3) is 0 Å². The molecule has 152 valence electrons. The fourth-order valence-corrected chi connectivity index (χ4v) is 4.67. The van der Waals surface area contributed by atoms with E-state index in [4.69, 9.17) is 0 Å². The molecule has 0 aliphatic heterocycles. The number of carbonyl (C=O) groups is 2. The van der Waals surface area contributed by atoms with Crippen LogP contribution in [-0.4, -0.2) is 17.5 Å². The van der Waals surface area contributed by atoms with Crippen molar-refractivity contribution in [3.05, 3.63) is 65.7 Å². The molecule has 2 aliphatic rings. The first-order valence-corrected chi connectivity index (χ1v) is 10.7. The molecule has 0 bridgehead atoms. The fourth-order valence-electron chi connectivity index (χ4n) is 4.67. The molecule has 2 aliphatic carbocycles. The Kier molecular flexibility index (Phi) is 5.84. The van der Waals surface area contributed by atoms with Crippen molar-refractivity contribution in [1.29, 1.82) is 0 Å². The van der Waals surface area contributed by atoms with E-state index < -0.39 is 5.54 Å². The van der Waals surface area contributed by atoms with Crippen LogP contribution in [0.4, 0.5) is 10.5 Å². The summed E-state index contributed by atoms with van der Waals surface area (Å²) in [5.74, 6) is -0.0536.